The van der Waals surface area contributed by atoms with Gasteiger partial charge in [-0.25, -0.2) is 9.79 Å². The smallest absolute Gasteiger partial charge is 0.338 e. The fourth-order valence-electron chi connectivity index (χ4n) is 4.18. The number of hydrogen-bond acceptors (Lipinski definition) is 7. The zero-order chi connectivity index (χ0) is 26.7. The van der Waals surface area contributed by atoms with Crippen LogP contribution in [0.15, 0.2) is 63.5 Å². The van der Waals surface area contributed by atoms with Gasteiger partial charge in [0.2, 0.25) is 0 Å². The Kier molecular flexibility index (Phi) is 8.19. The van der Waals surface area contributed by atoms with Crippen molar-refractivity contribution in [2.75, 3.05) is 20.8 Å². The first-order chi connectivity index (χ1) is 17.8. The van der Waals surface area contributed by atoms with Crippen LogP contribution in [0.25, 0.3) is 6.08 Å². The van der Waals surface area contributed by atoms with Crippen LogP contribution in [0.5, 0.6) is 11.5 Å². The number of fused-ring (bicyclic) bond motifs is 1. The number of allylic oxidation sites excluding steroid dienone is 1. The molecule has 0 aliphatic carbocycles. The minimum absolute atomic E-state index is 0.260. The first-order valence-corrected chi connectivity index (χ1v) is 13.2. The highest BCUT2D eigenvalue weighted by atomic mass is 35.5. The highest BCUT2D eigenvalue weighted by molar-refractivity contribution is 7.07. The number of rotatable bonds is 8. The van der Waals surface area contributed by atoms with Crippen LogP contribution in [0.1, 0.15) is 44.4 Å². The molecule has 7 nitrogen and oxygen atoms in total. The molecule has 0 unspecified atom stereocenters. The minimum atomic E-state index is -0.646. The van der Waals surface area contributed by atoms with Crippen LogP contribution in [-0.4, -0.2) is 31.4 Å². The molecule has 4 rings (SSSR count). The summed E-state index contributed by atoms with van der Waals surface area (Å²) in [5, 5.41) is 0.391. The normalized spacial score (nSPS) is 15.4. The van der Waals surface area contributed by atoms with Crippen LogP contribution in [0.3, 0.4) is 0 Å². The Labute approximate surface area is 224 Å². The molecule has 0 amide bonds. The number of methoxy groups -OCH3 is 2. The first kappa shape index (κ1) is 26.7. The Morgan fingerprint density at radius 2 is 1.95 bits per heavy atom. The predicted molar refractivity (Wildman–Crippen MR) is 145 cm³/mol. The van der Waals surface area contributed by atoms with Gasteiger partial charge in [0.25, 0.3) is 5.56 Å². The molecule has 0 fully saturated rings. The lowest BCUT2D eigenvalue weighted by molar-refractivity contribution is -0.136. The van der Waals surface area contributed by atoms with E-state index in [1.165, 1.54) is 18.4 Å². The molecule has 1 atom stereocenters. The molecule has 1 aliphatic heterocycles. The van der Waals surface area contributed by atoms with E-state index in [-0.39, 0.29) is 5.56 Å². The molecule has 9 heteroatoms. The zero-order valence-corrected chi connectivity index (χ0v) is 23.0. The van der Waals surface area contributed by atoms with Gasteiger partial charge in [0.15, 0.2) is 16.3 Å². The van der Waals surface area contributed by atoms with Crippen molar-refractivity contribution in [3.8, 4) is 11.5 Å². The molecule has 0 saturated carbocycles. The van der Waals surface area contributed by atoms with Gasteiger partial charge >= 0.3 is 5.97 Å². The molecule has 0 spiro atoms. The predicted octanol–water partition coefficient (Wildman–Crippen LogP) is 4.50. The summed E-state index contributed by atoms with van der Waals surface area (Å²) >= 11 is 7.79. The number of thiazole rings is 1. The van der Waals surface area contributed by atoms with Crippen molar-refractivity contribution in [3.05, 3.63) is 89.6 Å². The number of aromatic nitrogens is 1. The lowest BCUT2D eigenvalue weighted by atomic mass is 9.95. The van der Waals surface area contributed by atoms with E-state index in [0.717, 1.165) is 5.56 Å². The number of halogens is 1. The molecular weight excluding hydrogens is 512 g/mol. The number of benzene rings is 2. The monoisotopic (exact) mass is 540 g/mol. The van der Waals surface area contributed by atoms with Crippen LogP contribution in [0.2, 0.25) is 5.02 Å². The Morgan fingerprint density at radius 3 is 2.57 bits per heavy atom. The Balaban J connectivity index is 1.89. The Bertz CT molecular complexity index is 1520. The second kappa shape index (κ2) is 11.4. The number of hydrogen-bond donors (Lipinski definition) is 0. The van der Waals surface area contributed by atoms with Gasteiger partial charge in [-0.2, -0.15) is 0 Å². The largest absolute Gasteiger partial charge is 0.493 e. The van der Waals surface area contributed by atoms with E-state index in [4.69, 9.17) is 25.8 Å². The third kappa shape index (κ3) is 5.36. The SMILES string of the molecule is CCC1=C(C(=O)OC)[C@H](c2ccccc2)n2c(s/c(=C\c3cc(Cl)c(OCC(C)C)c(OC)c3)c2=O)=N1. The van der Waals surface area contributed by atoms with E-state index >= 15 is 0 Å². The van der Waals surface area contributed by atoms with Gasteiger partial charge < -0.3 is 14.2 Å². The summed E-state index contributed by atoms with van der Waals surface area (Å²) in [7, 11) is 2.88. The van der Waals surface area contributed by atoms with E-state index in [1.54, 1.807) is 29.9 Å². The molecule has 0 saturated heterocycles. The summed E-state index contributed by atoms with van der Waals surface area (Å²) in [6.07, 6.45) is 2.27. The zero-order valence-electron chi connectivity index (χ0n) is 21.4. The van der Waals surface area contributed by atoms with E-state index in [9.17, 15) is 9.59 Å². The second-order valence-electron chi connectivity index (χ2n) is 8.94. The molecule has 2 aromatic carbocycles. The number of ether oxygens (including phenoxy) is 3. The van der Waals surface area contributed by atoms with Crippen LogP contribution in [0.4, 0.5) is 0 Å². The van der Waals surface area contributed by atoms with Gasteiger partial charge in [-0.05, 0) is 41.7 Å². The maximum absolute atomic E-state index is 13.8. The van der Waals surface area contributed by atoms with Crippen molar-refractivity contribution in [2.24, 2.45) is 10.9 Å². The van der Waals surface area contributed by atoms with Crippen LogP contribution in [-0.2, 0) is 9.53 Å². The summed E-state index contributed by atoms with van der Waals surface area (Å²) in [5.74, 6) is 0.769. The number of carbonyl (C=O) groups excluding carboxylic acids is 1. The second-order valence-corrected chi connectivity index (χ2v) is 10.4. The molecular formula is C28H29ClN2O5S. The number of esters is 1. The van der Waals surface area contributed by atoms with E-state index in [0.29, 0.717) is 61.6 Å². The van der Waals surface area contributed by atoms with Crippen molar-refractivity contribution < 1.29 is 19.0 Å². The Hall–Kier alpha value is -3.36. The molecule has 1 aliphatic rings. The molecule has 2 heterocycles. The molecule has 3 aromatic rings. The molecule has 1 aromatic heterocycles. The minimum Gasteiger partial charge on any atom is -0.493 e. The van der Waals surface area contributed by atoms with Crippen molar-refractivity contribution in [1.29, 1.82) is 0 Å². The maximum Gasteiger partial charge on any atom is 0.338 e. The average molecular weight is 541 g/mol. The Morgan fingerprint density at radius 1 is 1.22 bits per heavy atom. The van der Waals surface area contributed by atoms with Gasteiger partial charge in [0.05, 0.1) is 47.7 Å². The van der Waals surface area contributed by atoms with Gasteiger partial charge in [-0.15, -0.1) is 0 Å². The topological polar surface area (TPSA) is 79.1 Å². The number of carbonyl (C=O) groups is 1. The summed E-state index contributed by atoms with van der Waals surface area (Å²) in [6.45, 7) is 6.52. The lowest BCUT2D eigenvalue weighted by Crippen LogP contribution is -2.40. The van der Waals surface area contributed by atoms with Gasteiger partial charge in [-0.1, -0.05) is 74.0 Å². The highest BCUT2D eigenvalue weighted by Gasteiger charge is 2.33. The van der Waals surface area contributed by atoms with Crippen molar-refractivity contribution in [2.45, 2.75) is 33.2 Å². The quantitative estimate of drug-likeness (QED) is 0.393. The van der Waals surface area contributed by atoms with Gasteiger partial charge in [0.1, 0.15) is 0 Å². The standard InChI is InChI=1S/C28H29ClN2O5S/c1-6-20-23(27(33)35-5)24(18-10-8-7-9-11-18)31-26(32)22(37-28(31)30-20)14-17-12-19(29)25(21(13-17)34-4)36-15-16(2)3/h7-14,16,24H,6,15H2,1-5H3/b22-14-/t24-/m0/s1. The third-order valence-corrected chi connectivity index (χ3v) is 7.14. The van der Waals surface area contributed by atoms with Crippen molar-refractivity contribution in [3.63, 3.8) is 0 Å². The molecule has 0 bridgehead atoms. The van der Waals surface area contributed by atoms with Crippen LogP contribution >= 0.6 is 22.9 Å². The fourth-order valence-corrected chi connectivity index (χ4v) is 5.47. The summed E-state index contributed by atoms with van der Waals surface area (Å²) < 4.78 is 18.5. The van der Waals surface area contributed by atoms with E-state index in [2.05, 4.69) is 4.99 Å². The van der Waals surface area contributed by atoms with Crippen molar-refractivity contribution in [1.82, 2.24) is 4.57 Å². The van der Waals surface area contributed by atoms with Crippen LogP contribution < -0.4 is 24.4 Å². The summed E-state index contributed by atoms with van der Waals surface area (Å²) in [6, 6.07) is 12.3. The van der Waals surface area contributed by atoms with Gasteiger partial charge in [0, 0.05) is 0 Å². The summed E-state index contributed by atoms with van der Waals surface area (Å²) in [5.41, 5.74) is 2.19. The van der Waals surface area contributed by atoms with Crippen LogP contribution in [0, 0.1) is 5.92 Å². The molecule has 37 heavy (non-hydrogen) atoms. The highest BCUT2D eigenvalue weighted by Crippen LogP contribution is 2.37. The first-order valence-electron chi connectivity index (χ1n) is 12.0. The average Bonchev–Trinajstić information content (AvgIpc) is 3.20. The fraction of sp³-hybridized carbons (Fsp3) is 0.321. The molecule has 0 radical (unpaired) electrons. The van der Waals surface area contributed by atoms with E-state index < -0.39 is 12.0 Å². The van der Waals surface area contributed by atoms with Crippen molar-refractivity contribution >= 4 is 35.0 Å². The molecule has 194 valence electrons. The molecule has 0 N–H and O–H groups in total. The lowest BCUT2D eigenvalue weighted by Gasteiger charge is -2.25. The summed E-state index contributed by atoms with van der Waals surface area (Å²) in [4.78, 5) is 31.8. The maximum atomic E-state index is 13.8. The van der Waals surface area contributed by atoms with Gasteiger partial charge in [-0.3, -0.25) is 9.36 Å². The number of nitrogens with zero attached hydrogens (tertiary/aromatic N) is 2. The third-order valence-electron chi connectivity index (χ3n) is 5.88. The van der Waals surface area contributed by atoms with E-state index in [1.807, 2.05) is 51.1 Å².